The lowest BCUT2D eigenvalue weighted by Gasteiger charge is -2.11. The number of nitrogens with two attached hydrogens (primary N) is 2. The molecule has 0 spiro atoms. The Morgan fingerprint density at radius 3 is 2.64 bits per heavy atom. The molecule has 0 saturated heterocycles. The molecule has 0 fully saturated rings. The molecule has 0 aliphatic heterocycles. The number of hydrogen-bond acceptors (Lipinski definition) is 4. The maximum Gasteiger partial charge on any atom is 0.271 e. The molecule has 1 rings (SSSR count). The number of anilines is 1. The number of nitrogens with zero attached hydrogens (tertiary/aromatic N) is 1. The van der Waals surface area contributed by atoms with Crippen LogP contribution in [0, 0.1) is 10.1 Å². The fourth-order valence-corrected chi connectivity index (χ4v) is 1.23. The Morgan fingerprint density at radius 2 is 2.21 bits per heavy atom. The van der Waals surface area contributed by atoms with Crippen molar-refractivity contribution < 1.29 is 4.92 Å². The summed E-state index contributed by atoms with van der Waals surface area (Å²) in [5, 5.41) is 10.4. The molecule has 0 aliphatic rings. The Hall–Kier alpha value is -1.62. The van der Waals surface area contributed by atoms with Crippen molar-refractivity contribution in [2.45, 2.75) is 19.4 Å². The second-order valence-electron chi connectivity index (χ2n) is 3.09. The SMILES string of the molecule is CC[C@@H](N)c1ccc([N+](=O)[O-])cc1N. The number of benzene rings is 1. The molecule has 0 aromatic heterocycles. The molecular weight excluding hydrogens is 182 g/mol. The molecule has 4 N–H and O–H groups in total. The molecule has 76 valence electrons. The highest BCUT2D eigenvalue weighted by atomic mass is 16.6. The Balaban J connectivity index is 3.07. The normalized spacial score (nSPS) is 12.4. The van der Waals surface area contributed by atoms with Crippen molar-refractivity contribution in [3.63, 3.8) is 0 Å². The standard InChI is InChI=1S/C9H13N3O2/c1-2-8(10)7-4-3-6(12(13)14)5-9(7)11/h3-5,8H,2,10-11H2,1H3/t8-/m1/s1. The molecule has 1 aromatic rings. The van der Waals surface area contributed by atoms with E-state index in [9.17, 15) is 10.1 Å². The predicted molar refractivity (Wildman–Crippen MR) is 54.7 cm³/mol. The van der Waals surface area contributed by atoms with Crippen molar-refractivity contribution >= 4 is 11.4 Å². The van der Waals surface area contributed by atoms with Crippen molar-refractivity contribution in [2.24, 2.45) is 5.73 Å². The van der Waals surface area contributed by atoms with Gasteiger partial charge in [0.25, 0.3) is 5.69 Å². The van der Waals surface area contributed by atoms with Gasteiger partial charge in [-0.05, 0) is 18.1 Å². The van der Waals surface area contributed by atoms with Crippen LogP contribution < -0.4 is 11.5 Å². The second-order valence-corrected chi connectivity index (χ2v) is 3.09. The quantitative estimate of drug-likeness (QED) is 0.435. The first-order valence-corrected chi connectivity index (χ1v) is 4.35. The molecule has 1 atom stereocenters. The molecule has 14 heavy (non-hydrogen) atoms. The monoisotopic (exact) mass is 195 g/mol. The number of nitrogen functional groups attached to an aromatic ring is 1. The first-order valence-electron chi connectivity index (χ1n) is 4.35. The first kappa shape index (κ1) is 10.5. The van der Waals surface area contributed by atoms with Crippen LogP contribution in [0.1, 0.15) is 24.9 Å². The third-order valence-electron chi connectivity index (χ3n) is 2.12. The average Bonchev–Trinajstić information content (AvgIpc) is 2.16. The molecule has 0 radical (unpaired) electrons. The van der Waals surface area contributed by atoms with Crippen LogP contribution in [0.4, 0.5) is 11.4 Å². The topological polar surface area (TPSA) is 95.2 Å². The van der Waals surface area contributed by atoms with E-state index in [1.807, 2.05) is 6.92 Å². The molecular formula is C9H13N3O2. The van der Waals surface area contributed by atoms with E-state index in [1.54, 1.807) is 6.07 Å². The van der Waals surface area contributed by atoms with Crippen LogP contribution >= 0.6 is 0 Å². The molecule has 0 saturated carbocycles. The summed E-state index contributed by atoms with van der Waals surface area (Å²) in [5.74, 6) is 0. The molecule has 5 nitrogen and oxygen atoms in total. The number of hydrogen-bond donors (Lipinski definition) is 2. The van der Waals surface area contributed by atoms with Crippen molar-refractivity contribution in [2.75, 3.05) is 5.73 Å². The maximum atomic E-state index is 10.4. The zero-order valence-corrected chi connectivity index (χ0v) is 7.93. The lowest BCUT2D eigenvalue weighted by molar-refractivity contribution is -0.384. The average molecular weight is 195 g/mol. The Kier molecular flexibility index (Phi) is 3.03. The Morgan fingerprint density at radius 1 is 1.57 bits per heavy atom. The minimum Gasteiger partial charge on any atom is -0.398 e. The fourth-order valence-electron chi connectivity index (χ4n) is 1.23. The van der Waals surface area contributed by atoms with E-state index in [2.05, 4.69) is 0 Å². The summed E-state index contributed by atoms with van der Waals surface area (Å²) in [4.78, 5) is 9.95. The van der Waals surface area contributed by atoms with E-state index in [-0.39, 0.29) is 11.7 Å². The maximum absolute atomic E-state index is 10.4. The molecule has 0 aliphatic carbocycles. The van der Waals surface area contributed by atoms with Gasteiger partial charge in [-0.25, -0.2) is 0 Å². The highest BCUT2D eigenvalue weighted by Crippen LogP contribution is 2.25. The third-order valence-corrected chi connectivity index (χ3v) is 2.12. The van der Waals surface area contributed by atoms with E-state index in [0.717, 1.165) is 12.0 Å². The largest absolute Gasteiger partial charge is 0.398 e. The van der Waals surface area contributed by atoms with Gasteiger partial charge in [0.05, 0.1) is 4.92 Å². The summed E-state index contributed by atoms with van der Waals surface area (Å²) < 4.78 is 0. The van der Waals surface area contributed by atoms with Gasteiger partial charge in [0.2, 0.25) is 0 Å². The minimum absolute atomic E-state index is 0.00504. The van der Waals surface area contributed by atoms with Gasteiger partial charge in [-0.15, -0.1) is 0 Å². The summed E-state index contributed by atoms with van der Waals surface area (Å²) in [6, 6.07) is 4.21. The van der Waals surface area contributed by atoms with Crippen LogP contribution in [-0.4, -0.2) is 4.92 Å². The van der Waals surface area contributed by atoms with E-state index >= 15 is 0 Å². The summed E-state index contributed by atoms with van der Waals surface area (Å²) in [7, 11) is 0. The van der Waals surface area contributed by atoms with Crippen LogP contribution in [-0.2, 0) is 0 Å². The van der Waals surface area contributed by atoms with E-state index in [0.29, 0.717) is 5.69 Å². The lowest BCUT2D eigenvalue weighted by Crippen LogP contribution is -2.11. The lowest BCUT2D eigenvalue weighted by atomic mass is 10.0. The molecule has 5 heteroatoms. The van der Waals surface area contributed by atoms with E-state index < -0.39 is 4.92 Å². The summed E-state index contributed by atoms with van der Waals surface area (Å²) in [5.41, 5.74) is 12.6. The number of nitro benzene ring substituents is 1. The summed E-state index contributed by atoms with van der Waals surface area (Å²) in [6.45, 7) is 1.94. The van der Waals surface area contributed by atoms with Crippen molar-refractivity contribution in [3.8, 4) is 0 Å². The highest BCUT2D eigenvalue weighted by molar-refractivity contribution is 5.55. The second kappa shape index (κ2) is 4.06. The molecule has 1 aromatic carbocycles. The van der Waals surface area contributed by atoms with Crippen LogP contribution in [0.2, 0.25) is 0 Å². The van der Waals surface area contributed by atoms with Crippen LogP contribution in [0.5, 0.6) is 0 Å². The molecule has 0 unspecified atom stereocenters. The van der Waals surface area contributed by atoms with Gasteiger partial charge in [0.15, 0.2) is 0 Å². The first-order chi connectivity index (χ1) is 6.56. The van der Waals surface area contributed by atoms with Crippen molar-refractivity contribution in [3.05, 3.63) is 33.9 Å². The van der Waals surface area contributed by atoms with Gasteiger partial charge < -0.3 is 11.5 Å². The summed E-state index contributed by atoms with van der Waals surface area (Å²) in [6.07, 6.45) is 0.752. The van der Waals surface area contributed by atoms with Gasteiger partial charge in [-0.3, -0.25) is 10.1 Å². The van der Waals surface area contributed by atoms with Gasteiger partial charge in [-0.1, -0.05) is 6.92 Å². The minimum atomic E-state index is -0.475. The number of nitro groups is 1. The molecule has 0 heterocycles. The predicted octanol–water partition coefficient (Wildman–Crippen LogP) is 1.59. The zero-order chi connectivity index (χ0) is 10.7. The molecule has 0 amide bonds. The summed E-state index contributed by atoms with van der Waals surface area (Å²) >= 11 is 0. The number of rotatable bonds is 3. The van der Waals surface area contributed by atoms with Crippen molar-refractivity contribution in [1.29, 1.82) is 0 Å². The van der Waals surface area contributed by atoms with Gasteiger partial charge in [0.1, 0.15) is 0 Å². The highest BCUT2D eigenvalue weighted by Gasteiger charge is 2.12. The van der Waals surface area contributed by atoms with E-state index in [1.165, 1.54) is 12.1 Å². The molecule has 0 bridgehead atoms. The zero-order valence-electron chi connectivity index (χ0n) is 7.93. The van der Waals surface area contributed by atoms with Gasteiger partial charge in [0, 0.05) is 23.9 Å². The third kappa shape index (κ3) is 2.00. The smallest absolute Gasteiger partial charge is 0.271 e. The Bertz CT molecular complexity index is 352. The van der Waals surface area contributed by atoms with Crippen LogP contribution in [0.3, 0.4) is 0 Å². The van der Waals surface area contributed by atoms with Crippen molar-refractivity contribution in [1.82, 2.24) is 0 Å². The van der Waals surface area contributed by atoms with Crippen LogP contribution in [0.15, 0.2) is 18.2 Å². The van der Waals surface area contributed by atoms with Crippen LogP contribution in [0.25, 0.3) is 0 Å². The van der Waals surface area contributed by atoms with Gasteiger partial charge >= 0.3 is 0 Å². The number of non-ortho nitro benzene ring substituents is 1. The Labute approximate surface area is 81.9 Å². The van der Waals surface area contributed by atoms with Gasteiger partial charge in [-0.2, -0.15) is 0 Å². The van der Waals surface area contributed by atoms with E-state index in [4.69, 9.17) is 11.5 Å². The fraction of sp³-hybridized carbons (Fsp3) is 0.333.